The fraction of sp³-hybridized carbons (Fsp3) is 0. The third-order valence-corrected chi connectivity index (χ3v) is 6.85. The van der Waals surface area contributed by atoms with Crippen molar-refractivity contribution in [2.24, 2.45) is 0 Å². The van der Waals surface area contributed by atoms with E-state index < -0.39 is 0 Å². The number of nitrogens with zero attached hydrogens (tertiary/aromatic N) is 1. The summed E-state index contributed by atoms with van der Waals surface area (Å²) >= 11 is 0. The number of carbonyl (C=O) groups excluding carboxylic acids is 2. The van der Waals surface area contributed by atoms with Crippen LogP contribution in [0.5, 0.6) is 0 Å². The summed E-state index contributed by atoms with van der Waals surface area (Å²) in [6.07, 6.45) is 6.81. The Hall–Kier alpha value is -5.28. The van der Waals surface area contributed by atoms with Crippen LogP contribution in [0.3, 0.4) is 0 Å². The van der Waals surface area contributed by atoms with Crippen LogP contribution in [-0.2, 0) is 0 Å². The van der Waals surface area contributed by atoms with Crippen molar-refractivity contribution in [2.45, 2.75) is 0 Å². The van der Waals surface area contributed by atoms with Crippen LogP contribution < -0.4 is 15.3 Å². The van der Waals surface area contributed by atoms with Gasteiger partial charge >= 0.3 is 0 Å². The van der Waals surface area contributed by atoms with Crippen molar-refractivity contribution in [2.75, 3.05) is 4.90 Å². The second kappa shape index (κ2) is 10.6. The first-order chi connectivity index (χ1) is 19.0. The van der Waals surface area contributed by atoms with Crippen LogP contribution in [0.15, 0.2) is 122 Å². The quantitative estimate of drug-likeness (QED) is 0.201. The van der Waals surface area contributed by atoms with E-state index in [1.165, 1.54) is 0 Å². The summed E-state index contributed by atoms with van der Waals surface area (Å²) in [5, 5.41) is 1.87. The number of hydrogen-bond donors (Lipinski definition) is 0. The van der Waals surface area contributed by atoms with Crippen LogP contribution in [0.25, 0.3) is 30.5 Å². The van der Waals surface area contributed by atoms with Gasteiger partial charge in [0, 0.05) is 27.7 Å². The molecule has 39 heavy (non-hydrogen) atoms. The number of Topliss-reactive ketones (excluding diaryl/α,β-unsaturated/α-hetero) is 2. The van der Waals surface area contributed by atoms with Crippen molar-refractivity contribution in [3.05, 3.63) is 161 Å². The van der Waals surface area contributed by atoms with E-state index in [9.17, 15) is 9.59 Å². The Morgan fingerprint density at radius 2 is 1.21 bits per heavy atom. The number of fused-ring (bicyclic) bond motifs is 1. The van der Waals surface area contributed by atoms with Gasteiger partial charge in [-0.25, -0.2) is 0 Å². The maximum Gasteiger partial charge on any atom is 0.197 e. The number of ketones is 2. The van der Waals surface area contributed by atoms with Crippen molar-refractivity contribution in [3.8, 4) is 0 Å². The molecule has 0 amide bonds. The van der Waals surface area contributed by atoms with Gasteiger partial charge in [0.2, 0.25) is 0 Å². The average Bonchev–Trinajstić information content (AvgIpc) is 3.20. The molecule has 3 nitrogen and oxygen atoms in total. The highest BCUT2D eigenvalue weighted by Crippen LogP contribution is 2.33. The van der Waals surface area contributed by atoms with E-state index in [1.807, 2.05) is 84.9 Å². The van der Waals surface area contributed by atoms with Gasteiger partial charge in [0.15, 0.2) is 11.6 Å². The second-order valence-corrected chi connectivity index (χ2v) is 9.16. The molecule has 5 rings (SSSR count). The number of hydrogen-bond acceptors (Lipinski definition) is 3. The minimum atomic E-state index is -0.280. The number of anilines is 2. The molecule has 3 heteroatoms. The molecule has 0 radical (unpaired) electrons. The van der Waals surface area contributed by atoms with Crippen LogP contribution in [0, 0.1) is 0 Å². The Labute approximate surface area is 228 Å². The Bertz CT molecular complexity index is 1740. The van der Waals surface area contributed by atoms with Crippen LogP contribution in [0.4, 0.5) is 11.4 Å². The number of para-hydroxylation sites is 1. The molecule has 0 saturated heterocycles. The minimum absolute atomic E-state index is 0.151. The van der Waals surface area contributed by atoms with Crippen LogP contribution >= 0.6 is 0 Å². The maximum atomic E-state index is 13.2. The lowest BCUT2D eigenvalue weighted by Gasteiger charge is -2.26. The maximum absolute atomic E-state index is 13.2. The summed E-state index contributed by atoms with van der Waals surface area (Å²) in [4.78, 5) is 28.5. The predicted octanol–water partition coefficient (Wildman–Crippen LogP) is 6.98. The van der Waals surface area contributed by atoms with E-state index in [0.717, 1.165) is 44.2 Å². The van der Waals surface area contributed by atoms with Gasteiger partial charge in [-0.15, -0.1) is 0 Å². The molecule has 0 heterocycles. The zero-order valence-electron chi connectivity index (χ0n) is 21.6. The van der Waals surface area contributed by atoms with Gasteiger partial charge in [-0.05, 0) is 70.5 Å². The SMILES string of the molecule is C=C/C(=c1/ccccc1=C)N(c1ccccc1)c1ccc(C=C2C(=O)c3cc(C=C)c(C=C)cc3C2=O)cc1. The molecule has 4 aromatic rings. The van der Waals surface area contributed by atoms with E-state index in [0.29, 0.717) is 11.1 Å². The van der Waals surface area contributed by atoms with Crippen molar-refractivity contribution in [3.63, 3.8) is 0 Å². The summed E-state index contributed by atoms with van der Waals surface area (Å²) in [5.74, 6) is -0.559. The Morgan fingerprint density at radius 1 is 0.667 bits per heavy atom. The molecule has 1 aliphatic carbocycles. The molecule has 0 unspecified atom stereocenters. The van der Waals surface area contributed by atoms with E-state index in [1.54, 1.807) is 30.4 Å². The van der Waals surface area contributed by atoms with Crippen LogP contribution in [0.1, 0.15) is 37.4 Å². The third-order valence-electron chi connectivity index (χ3n) is 6.85. The lowest BCUT2D eigenvalue weighted by atomic mass is 9.99. The molecule has 0 fully saturated rings. The molecule has 0 spiro atoms. The number of allylic oxidation sites excluding steroid dienone is 1. The van der Waals surface area contributed by atoms with Crippen LogP contribution in [-0.4, -0.2) is 11.6 Å². The largest absolute Gasteiger partial charge is 0.310 e. The molecular weight excluding hydrogens is 478 g/mol. The predicted molar refractivity (Wildman–Crippen MR) is 163 cm³/mol. The highest BCUT2D eigenvalue weighted by molar-refractivity contribution is 6.41. The molecule has 0 N–H and O–H groups in total. The summed E-state index contributed by atoms with van der Waals surface area (Å²) in [5.41, 5.74) is 6.01. The van der Waals surface area contributed by atoms with Crippen molar-refractivity contribution in [1.82, 2.24) is 0 Å². The second-order valence-electron chi connectivity index (χ2n) is 9.16. The first-order valence-electron chi connectivity index (χ1n) is 12.6. The van der Waals surface area contributed by atoms with Crippen LogP contribution in [0.2, 0.25) is 0 Å². The average molecular weight is 506 g/mol. The lowest BCUT2D eigenvalue weighted by Crippen LogP contribution is -2.31. The monoisotopic (exact) mass is 505 g/mol. The normalized spacial score (nSPS) is 13.0. The number of rotatable bonds is 7. The van der Waals surface area contributed by atoms with Gasteiger partial charge in [-0.3, -0.25) is 9.59 Å². The first-order valence-corrected chi connectivity index (χ1v) is 12.6. The van der Waals surface area contributed by atoms with E-state index in [-0.39, 0.29) is 17.1 Å². The topological polar surface area (TPSA) is 37.4 Å². The fourth-order valence-corrected chi connectivity index (χ4v) is 4.87. The third kappa shape index (κ3) is 4.62. The van der Waals surface area contributed by atoms with E-state index in [2.05, 4.69) is 31.2 Å². The minimum Gasteiger partial charge on any atom is -0.310 e. The molecule has 0 atom stereocenters. The zero-order chi connectivity index (χ0) is 27.5. The summed E-state index contributed by atoms with van der Waals surface area (Å²) in [6, 6.07) is 29.1. The molecule has 0 bridgehead atoms. The zero-order valence-corrected chi connectivity index (χ0v) is 21.6. The Balaban J connectivity index is 1.57. The smallest absolute Gasteiger partial charge is 0.197 e. The fourth-order valence-electron chi connectivity index (χ4n) is 4.87. The molecule has 4 aromatic carbocycles. The summed E-state index contributed by atoms with van der Waals surface area (Å²) in [6.45, 7) is 15.9. The molecule has 0 aromatic heterocycles. The highest BCUT2D eigenvalue weighted by atomic mass is 16.2. The highest BCUT2D eigenvalue weighted by Gasteiger charge is 2.33. The molecule has 0 saturated carbocycles. The van der Waals surface area contributed by atoms with Gasteiger partial charge in [-0.1, -0.05) is 93.1 Å². The summed E-state index contributed by atoms with van der Waals surface area (Å²) in [7, 11) is 0. The van der Waals surface area contributed by atoms with Crippen molar-refractivity contribution >= 4 is 53.4 Å². The van der Waals surface area contributed by atoms with E-state index in [4.69, 9.17) is 0 Å². The van der Waals surface area contributed by atoms with Crippen molar-refractivity contribution < 1.29 is 9.59 Å². The summed E-state index contributed by atoms with van der Waals surface area (Å²) < 4.78 is 0. The van der Waals surface area contributed by atoms with Gasteiger partial charge in [0.1, 0.15) is 0 Å². The Kier molecular flexibility index (Phi) is 6.90. The van der Waals surface area contributed by atoms with Crippen molar-refractivity contribution in [1.29, 1.82) is 0 Å². The molecule has 0 aliphatic heterocycles. The molecule has 188 valence electrons. The number of carbonyl (C=O) groups is 2. The molecular formula is C36H27NO2. The Morgan fingerprint density at radius 3 is 1.74 bits per heavy atom. The van der Waals surface area contributed by atoms with E-state index >= 15 is 0 Å². The number of benzene rings is 4. The molecule has 1 aliphatic rings. The van der Waals surface area contributed by atoms with Gasteiger partial charge < -0.3 is 4.90 Å². The first kappa shape index (κ1) is 25.4. The standard InChI is InChI=1S/C36H27NO2/c1-5-26-22-31-32(23-27(26)6-2)36(39)33(35(31)38)21-25-17-19-29(20-18-25)37(28-14-9-8-10-15-28)34(7-3)30-16-12-11-13-24(30)4/h5-23H,1-4H2/b34-30+. The van der Waals surface area contributed by atoms with Gasteiger partial charge in [0.25, 0.3) is 0 Å². The van der Waals surface area contributed by atoms with Gasteiger partial charge in [0.05, 0.1) is 11.3 Å². The van der Waals surface area contributed by atoms with Gasteiger partial charge in [-0.2, -0.15) is 0 Å². The lowest BCUT2D eigenvalue weighted by molar-refractivity contribution is 0.0990.